The van der Waals surface area contributed by atoms with Gasteiger partial charge in [0.05, 0.1) is 21.4 Å². The van der Waals surface area contributed by atoms with E-state index in [9.17, 15) is 17.6 Å². The molecule has 0 amide bonds. The van der Waals surface area contributed by atoms with Crippen molar-refractivity contribution in [3.05, 3.63) is 57.9 Å². The largest absolute Gasteiger partial charge is 0.461 e. The number of H-pyrrole nitrogens is 1. The molecular weight excluding hydrogens is 587 g/mol. The van der Waals surface area contributed by atoms with Gasteiger partial charge in [-0.1, -0.05) is 17.7 Å². The molecule has 2 aliphatic heterocycles. The van der Waals surface area contributed by atoms with Gasteiger partial charge >= 0.3 is 5.97 Å². The number of carbonyl (C=O) groups excluding carboxylic acids is 1. The molecule has 0 radical (unpaired) electrons. The Morgan fingerprint density at radius 3 is 2.54 bits per heavy atom. The maximum absolute atomic E-state index is 14.0. The Hall–Kier alpha value is -2.31. The van der Waals surface area contributed by atoms with Crippen molar-refractivity contribution in [2.75, 3.05) is 0 Å². The summed E-state index contributed by atoms with van der Waals surface area (Å²) >= 11 is 9.54. The first-order chi connectivity index (χ1) is 17.5. The first-order valence-corrected chi connectivity index (χ1v) is 14.5. The summed E-state index contributed by atoms with van der Waals surface area (Å²) in [5.41, 5.74) is 7.33. The van der Waals surface area contributed by atoms with Gasteiger partial charge in [0.1, 0.15) is 28.7 Å². The zero-order chi connectivity index (χ0) is 26.5. The maximum Gasteiger partial charge on any atom is 0.322 e. The molecule has 2 saturated heterocycles. The lowest BCUT2D eigenvalue weighted by atomic mass is 10.0. The number of esters is 1. The number of ether oxygens (including phenoxy) is 1. The molecule has 1 aromatic heterocycles. The second-order valence-electron chi connectivity index (χ2n) is 9.46. The van der Waals surface area contributed by atoms with Gasteiger partial charge in [-0.3, -0.25) is 4.79 Å². The lowest BCUT2D eigenvalue weighted by molar-refractivity contribution is -0.152. The number of nitrogens with zero attached hydrogens (tertiary/aromatic N) is 2. The van der Waals surface area contributed by atoms with E-state index in [0.29, 0.717) is 52.8 Å². The highest BCUT2D eigenvalue weighted by atomic mass is 79.9. The Bertz CT molecular complexity index is 1450. The minimum absolute atomic E-state index is 0.0118. The second-order valence-corrected chi connectivity index (χ2v) is 12.5. The Morgan fingerprint density at radius 1 is 1.22 bits per heavy atom. The number of nitrogens with one attached hydrogen (secondary N) is 1. The minimum Gasteiger partial charge on any atom is -0.461 e. The molecule has 0 spiro atoms. The molecule has 2 bridgehead atoms. The summed E-state index contributed by atoms with van der Waals surface area (Å²) in [6, 6.07) is 8.12. The third-order valence-corrected chi connectivity index (χ3v) is 9.97. The number of hydrogen-bond donors (Lipinski definition) is 2. The number of sulfonamides is 1. The number of benzene rings is 2. The number of hydrogen-bond acceptors (Lipinski definition) is 6. The van der Waals surface area contributed by atoms with Gasteiger partial charge in [-0.15, -0.1) is 0 Å². The number of aromatic nitrogens is 2. The molecule has 196 valence electrons. The van der Waals surface area contributed by atoms with E-state index in [1.807, 2.05) is 0 Å². The van der Waals surface area contributed by atoms with Crippen molar-refractivity contribution in [2.24, 2.45) is 5.73 Å². The SMILES string of the molecule is C[C@H](N)C(=O)OC1CC2CC[C@H](C1)N2S(=O)(=O)c1cc(-c2ncc(-c3ccc(Br)c(F)c3)[nH]2)ccc1Cl. The summed E-state index contributed by atoms with van der Waals surface area (Å²) in [4.78, 5) is 19.5. The molecule has 2 unspecified atom stereocenters. The Morgan fingerprint density at radius 2 is 1.89 bits per heavy atom. The van der Waals surface area contributed by atoms with Crippen LogP contribution in [-0.4, -0.2) is 52.9 Å². The average molecular weight is 612 g/mol. The minimum atomic E-state index is -3.94. The second kappa shape index (κ2) is 10.1. The molecule has 5 rings (SSSR count). The summed E-state index contributed by atoms with van der Waals surface area (Å²) in [5.74, 6) is -0.463. The van der Waals surface area contributed by atoms with Gasteiger partial charge in [0.2, 0.25) is 10.0 Å². The Labute approximate surface area is 227 Å². The molecule has 3 N–H and O–H groups in total. The van der Waals surface area contributed by atoms with Gasteiger partial charge in [0.25, 0.3) is 0 Å². The standard InChI is InChI=1S/C25H25BrClFN4O4S/c1-13(29)25(33)36-18-10-16-4-5-17(11-18)32(16)37(34,35)23-9-15(3-7-20(23)27)24-30-12-22(31-24)14-2-6-19(26)21(28)8-14/h2-3,6-9,12-13,16-18H,4-5,10-11,29H2,1H3,(H,30,31)/t13-,16+,17?,18?/m0/s1. The molecule has 3 aromatic rings. The van der Waals surface area contributed by atoms with Crippen LogP contribution in [0, 0.1) is 5.82 Å². The van der Waals surface area contributed by atoms with Crippen LogP contribution in [0.15, 0.2) is 52.0 Å². The summed E-state index contributed by atoms with van der Waals surface area (Å²) in [7, 11) is -3.94. The summed E-state index contributed by atoms with van der Waals surface area (Å²) in [5, 5.41) is 0.107. The number of halogens is 3. The Balaban J connectivity index is 1.41. The van der Waals surface area contributed by atoms with E-state index in [-0.39, 0.29) is 28.1 Å². The van der Waals surface area contributed by atoms with Crippen LogP contribution in [0.4, 0.5) is 4.39 Å². The van der Waals surface area contributed by atoms with E-state index >= 15 is 0 Å². The highest BCUT2D eigenvalue weighted by Gasteiger charge is 2.48. The molecule has 0 aliphatic carbocycles. The van der Waals surface area contributed by atoms with Crippen molar-refractivity contribution in [2.45, 2.75) is 61.7 Å². The van der Waals surface area contributed by atoms with Crippen molar-refractivity contribution in [3.8, 4) is 22.6 Å². The number of rotatable bonds is 6. The van der Waals surface area contributed by atoms with E-state index in [1.165, 1.54) is 22.5 Å². The van der Waals surface area contributed by atoms with Crippen molar-refractivity contribution in [1.29, 1.82) is 0 Å². The fourth-order valence-corrected chi connectivity index (χ4v) is 7.73. The van der Waals surface area contributed by atoms with Crippen LogP contribution in [-0.2, 0) is 19.6 Å². The zero-order valence-electron chi connectivity index (χ0n) is 19.8. The first-order valence-electron chi connectivity index (χ1n) is 11.8. The van der Waals surface area contributed by atoms with E-state index in [0.717, 1.165) is 0 Å². The van der Waals surface area contributed by atoms with E-state index in [4.69, 9.17) is 22.1 Å². The molecule has 8 nitrogen and oxygen atoms in total. The quantitative estimate of drug-likeness (QED) is 0.384. The highest BCUT2D eigenvalue weighted by Crippen LogP contribution is 2.42. The summed E-state index contributed by atoms with van der Waals surface area (Å²) < 4.78 is 49.0. The van der Waals surface area contributed by atoms with E-state index in [1.54, 1.807) is 31.3 Å². The molecular formula is C25H25BrClFN4O4S. The number of imidazole rings is 1. The number of carbonyl (C=O) groups is 1. The van der Waals surface area contributed by atoms with Crippen LogP contribution in [0.2, 0.25) is 5.02 Å². The van der Waals surface area contributed by atoms with Crippen molar-refractivity contribution >= 4 is 43.5 Å². The predicted octanol–water partition coefficient (Wildman–Crippen LogP) is 4.87. The van der Waals surface area contributed by atoms with Gasteiger partial charge < -0.3 is 15.5 Å². The third kappa shape index (κ3) is 5.07. The van der Waals surface area contributed by atoms with Crippen molar-refractivity contribution in [1.82, 2.24) is 14.3 Å². The smallest absolute Gasteiger partial charge is 0.322 e. The van der Waals surface area contributed by atoms with Crippen LogP contribution in [0.3, 0.4) is 0 Å². The van der Waals surface area contributed by atoms with Crippen LogP contribution < -0.4 is 5.73 Å². The molecule has 37 heavy (non-hydrogen) atoms. The third-order valence-electron chi connectivity index (χ3n) is 6.84. The lowest BCUT2D eigenvalue weighted by Crippen LogP contribution is -2.49. The normalized spacial score (nSPS) is 22.7. The molecule has 12 heteroatoms. The molecule has 2 fully saturated rings. The number of fused-ring (bicyclic) bond motifs is 2. The number of nitrogens with two attached hydrogens (primary N) is 1. The van der Waals surface area contributed by atoms with E-state index in [2.05, 4.69) is 25.9 Å². The van der Waals surface area contributed by atoms with Gasteiger partial charge in [0, 0.05) is 36.1 Å². The van der Waals surface area contributed by atoms with E-state index < -0.39 is 27.9 Å². The average Bonchev–Trinajstić information content (AvgIpc) is 3.44. The maximum atomic E-state index is 14.0. The monoisotopic (exact) mass is 610 g/mol. The molecule has 3 heterocycles. The van der Waals surface area contributed by atoms with Crippen LogP contribution >= 0.6 is 27.5 Å². The number of piperidine rings is 1. The zero-order valence-corrected chi connectivity index (χ0v) is 23.0. The van der Waals surface area contributed by atoms with Gasteiger partial charge in [-0.2, -0.15) is 4.31 Å². The van der Waals surface area contributed by atoms with Crippen LogP contribution in [0.25, 0.3) is 22.6 Å². The Kier molecular flexibility index (Phi) is 7.18. The molecule has 2 aromatic carbocycles. The molecule has 2 aliphatic rings. The number of aromatic amines is 1. The van der Waals surface area contributed by atoms with Crippen LogP contribution in [0.5, 0.6) is 0 Å². The van der Waals surface area contributed by atoms with Gasteiger partial charge in [0.15, 0.2) is 0 Å². The fraction of sp³-hybridized carbons (Fsp3) is 0.360. The summed E-state index contributed by atoms with van der Waals surface area (Å²) in [6.07, 6.45) is 3.38. The lowest BCUT2D eigenvalue weighted by Gasteiger charge is -2.37. The van der Waals surface area contributed by atoms with Gasteiger partial charge in [-0.05, 0) is 66.0 Å². The highest BCUT2D eigenvalue weighted by molar-refractivity contribution is 9.10. The first kappa shape index (κ1) is 26.3. The van der Waals surface area contributed by atoms with Crippen LogP contribution in [0.1, 0.15) is 32.6 Å². The summed E-state index contributed by atoms with van der Waals surface area (Å²) in [6.45, 7) is 1.56. The fourth-order valence-electron chi connectivity index (χ4n) is 5.08. The van der Waals surface area contributed by atoms with Crippen molar-refractivity contribution in [3.63, 3.8) is 0 Å². The topological polar surface area (TPSA) is 118 Å². The van der Waals surface area contributed by atoms with Crippen molar-refractivity contribution < 1.29 is 22.3 Å². The molecule has 0 saturated carbocycles. The molecule has 4 atom stereocenters. The van der Waals surface area contributed by atoms with Gasteiger partial charge in [-0.25, -0.2) is 17.8 Å². The predicted molar refractivity (Wildman–Crippen MR) is 141 cm³/mol.